The van der Waals surface area contributed by atoms with Crippen molar-refractivity contribution in [3.05, 3.63) is 23.8 Å². The van der Waals surface area contributed by atoms with Crippen LogP contribution in [0.3, 0.4) is 0 Å². The van der Waals surface area contributed by atoms with Gasteiger partial charge in [-0.3, -0.25) is 4.79 Å². The molecule has 1 heterocycles. The molecule has 1 aliphatic rings. The summed E-state index contributed by atoms with van der Waals surface area (Å²) in [7, 11) is 0. The zero-order valence-corrected chi connectivity index (χ0v) is 14.0. The minimum Gasteiger partial charge on any atom is -0.480 e. The number of ether oxygens (including phenoxy) is 1. The molecular formula is C17H25NO2S. The quantitative estimate of drug-likeness (QED) is 0.624. The van der Waals surface area contributed by atoms with Crippen LogP contribution in [0.15, 0.2) is 18.2 Å². The van der Waals surface area contributed by atoms with Crippen molar-refractivity contribution in [2.75, 3.05) is 5.32 Å². The number of hydrogen-bond donors (Lipinski definition) is 2. The van der Waals surface area contributed by atoms with Crippen molar-refractivity contribution in [2.24, 2.45) is 5.41 Å². The third-order valence-electron chi connectivity index (χ3n) is 3.62. The van der Waals surface area contributed by atoms with Crippen LogP contribution < -0.4 is 10.1 Å². The van der Waals surface area contributed by atoms with E-state index in [1.54, 1.807) is 0 Å². The molecule has 0 saturated heterocycles. The lowest BCUT2D eigenvalue weighted by atomic mass is 9.90. The Hall–Kier alpha value is -1.16. The standard InChI is InChI=1S/C17H25NO2S/c1-17(2,3)10-4-5-16(21)20-13-7-8-14-12(11-13)6-9-15(19)18-14/h7-8,11,16,21H,4-6,9-10H2,1-3H3,(H,18,19). The van der Waals surface area contributed by atoms with E-state index in [2.05, 4.69) is 38.7 Å². The second-order valence-corrected chi connectivity index (χ2v) is 7.47. The number of fused-ring (bicyclic) bond motifs is 1. The van der Waals surface area contributed by atoms with Crippen LogP contribution in [-0.2, 0) is 11.2 Å². The molecule has 1 aliphatic heterocycles. The Labute approximate surface area is 132 Å². The number of anilines is 1. The number of hydrogen-bond acceptors (Lipinski definition) is 3. The van der Waals surface area contributed by atoms with Gasteiger partial charge in [0, 0.05) is 12.1 Å². The van der Waals surface area contributed by atoms with Crippen LogP contribution in [-0.4, -0.2) is 11.3 Å². The lowest BCUT2D eigenvalue weighted by Gasteiger charge is -2.21. The topological polar surface area (TPSA) is 38.3 Å². The van der Waals surface area contributed by atoms with Gasteiger partial charge in [0.25, 0.3) is 0 Å². The Morgan fingerprint density at radius 1 is 1.33 bits per heavy atom. The lowest BCUT2D eigenvalue weighted by molar-refractivity contribution is -0.116. The number of thiol groups is 1. The first kappa shape index (κ1) is 16.2. The average molecular weight is 307 g/mol. The summed E-state index contributed by atoms with van der Waals surface area (Å²) in [5.74, 6) is 0.922. The number of aryl methyl sites for hydroxylation is 1. The number of rotatable bonds is 5. The predicted molar refractivity (Wildman–Crippen MR) is 90.1 cm³/mol. The van der Waals surface area contributed by atoms with E-state index in [1.807, 2.05) is 18.2 Å². The normalized spacial score (nSPS) is 16.1. The molecule has 0 aromatic heterocycles. The number of nitrogens with one attached hydrogen (secondary N) is 1. The van der Waals surface area contributed by atoms with Gasteiger partial charge in [-0.15, -0.1) is 12.6 Å². The van der Waals surface area contributed by atoms with Crippen LogP contribution in [0.2, 0.25) is 0 Å². The summed E-state index contributed by atoms with van der Waals surface area (Å²) in [6.45, 7) is 6.75. The van der Waals surface area contributed by atoms with Gasteiger partial charge in [0.1, 0.15) is 11.2 Å². The van der Waals surface area contributed by atoms with Crippen LogP contribution in [0.25, 0.3) is 0 Å². The van der Waals surface area contributed by atoms with E-state index in [0.717, 1.165) is 36.3 Å². The van der Waals surface area contributed by atoms with Crippen LogP contribution in [0, 0.1) is 5.41 Å². The van der Waals surface area contributed by atoms with Crippen molar-refractivity contribution in [3.8, 4) is 5.75 Å². The molecule has 0 radical (unpaired) electrons. The van der Waals surface area contributed by atoms with Crippen molar-refractivity contribution in [1.82, 2.24) is 0 Å². The molecule has 0 aliphatic carbocycles. The van der Waals surface area contributed by atoms with Crippen molar-refractivity contribution in [1.29, 1.82) is 0 Å². The highest BCUT2D eigenvalue weighted by atomic mass is 32.1. The maximum Gasteiger partial charge on any atom is 0.224 e. The van der Waals surface area contributed by atoms with Gasteiger partial charge in [0.05, 0.1) is 0 Å². The molecule has 0 bridgehead atoms. The Bertz CT molecular complexity index is 508. The highest BCUT2D eigenvalue weighted by molar-refractivity contribution is 7.80. The highest BCUT2D eigenvalue weighted by Gasteiger charge is 2.16. The molecule has 0 spiro atoms. The number of amides is 1. The molecule has 1 aromatic carbocycles. The molecular weight excluding hydrogens is 282 g/mol. The van der Waals surface area contributed by atoms with Crippen molar-refractivity contribution < 1.29 is 9.53 Å². The van der Waals surface area contributed by atoms with Gasteiger partial charge in [0.15, 0.2) is 0 Å². The van der Waals surface area contributed by atoms with Crippen LogP contribution in [0.4, 0.5) is 5.69 Å². The number of carbonyl (C=O) groups excluding carboxylic acids is 1. The van der Waals surface area contributed by atoms with Gasteiger partial charge >= 0.3 is 0 Å². The van der Waals surface area contributed by atoms with Gasteiger partial charge < -0.3 is 10.1 Å². The first-order valence-electron chi connectivity index (χ1n) is 7.61. The largest absolute Gasteiger partial charge is 0.480 e. The smallest absolute Gasteiger partial charge is 0.224 e. The third-order valence-corrected chi connectivity index (χ3v) is 3.99. The summed E-state index contributed by atoms with van der Waals surface area (Å²) >= 11 is 4.52. The van der Waals surface area contributed by atoms with Crippen LogP contribution in [0.5, 0.6) is 5.75 Å². The molecule has 2 rings (SSSR count). The summed E-state index contributed by atoms with van der Waals surface area (Å²) in [5, 5.41) is 2.88. The van der Waals surface area contributed by atoms with E-state index in [1.165, 1.54) is 6.42 Å². The molecule has 0 saturated carbocycles. The van der Waals surface area contributed by atoms with E-state index in [4.69, 9.17) is 4.74 Å². The van der Waals surface area contributed by atoms with Crippen molar-refractivity contribution in [3.63, 3.8) is 0 Å². The lowest BCUT2D eigenvalue weighted by Crippen LogP contribution is -2.19. The summed E-state index contributed by atoms with van der Waals surface area (Å²) < 4.78 is 5.87. The summed E-state index contributed by atoms with van der Waals surface area (Å²) in [6, 6.07) is 5.83. The van der Waals surface area contributed by atoms with Gasteiger partial charge in [-0.05, 0) is 54.9 Å². The first-order chi connectivity index (χ1) is 9.83. The predicted octanol–water partition coefficient (Wildman–Crippen LogP) is 4.42. The molecule has 1 amide bonds. The zero-order valence-electron chi connectivity index (χ0n) is 13.1. The van der Waals surface area contributed by atoms with Gasteiger partial charge in [-0.2, -0.15) is 0 Å². The summed E-state index contributed by atoms with van der Waals surface area (Å²) in [5.41, 5.74) is 2.32. The van der Waals surface area contributed by atoms with Crippen molar-refractivity contribution >= 4 is 24.2 Å². The van der Waals surface area contributed by atoms with E-state index in [0.29, 0.717) is 11.8 Å². The molecule has 3 nitrogen and oxygen atoms in total. The molecule has 1 atom stereocenters. The van der Waals surface area contributed by atoms with E-state index in [9.17, 15) is 4.79 Å². The second-order valence-electron chi connectivity index (χ2n) is 6.89. The highest BCUT2D eigenvalue weighted by Crippen LogP contribution is 2.29. The molecule has 1 N–H and O–H groups in total. The van der Waals surface area contributed by atoms with Gasteiger partial charge in [-0.25, -0.2) is 0 Å². The first-order valence-corrected chi connectivity index (χ1v) is 8.13. The van der Waals surface area contributed by atoms with Crippen molar-refractivity contribution in [2.45, 2.75) is 58.3 Å². The second kappa shape index (κ2) is 6.73. The van der Waals surface area contributed by atoms with E-state index < -0.39 is 0 Å². The van der Waals surface area contributed by atoms with Gasteiger partial charge in [0.2, 0.25) is 5.91 Å². The average Bonchev–Trinajstić information content (AvgIpc) is 2.37. The minimum absolute atomic E-state index is 0.0800. The third kappa shape index (κ3) is 5.27. The Morgan fingerprint density at radius 2 is 2.10 bits per heavy atom. The summed E-state index contributed by atoms with van der Waals surface area (Å²) in [6.07, 6.45) is 4.54. The molecule has 4 heteroatoms. The fraction of sp³-hybridized carbons (Fsp3) is 0.588. The molecule has 21 heavy (non-hydrogen) atoms. The number of benzene rings is 1. The van der Waals surface area contributed by atoms with E-state index >= 15 is 0 Å². The SMILES string of the molecule is CC(C)(C)CCCC(S)Oc1ccc2c(c1)CCC(=O)N2. The molecule has 0 fully saturated rings. The maximum absolute atomic E-state index is 11.3. The monoisotopic (exact) mass is 307 g/mol. The van der Waals surface area contributed by atoms with Gasteiger partial charge in [-0.1, -0.05) is 20.8 Å². The Morgan fingerprint density at radius 3 is 2.81 bits per heavy atom. The summed E-state index contributed by atoms with van der Waals surface area (Å²) in [4.78, 5) is 11.3. The van der Waals surface area contributed by atoms with E-state index in [-0.39, 0.29) is 11.3 Å². The molecule has 1 unspecified atom stereocenters. The minimum atomic E-state index is -0.0800. The van der Waals surface area contributed by atoms with Crippen LogP contribution >= 0.6 is 12.6 Å². The Kier molecular flexibility index (Phi) is 5.20. The molecule has 1 aromatic rings. The Balaban J connectivity index is 1.87. The van der Waals surface area contributed by atoms with Crippen LogP contribution in [0.1, 0.15) is 52.0 Å². The fourth-order valence-electron chi connectivity index (χ4n) is 2.46. The zero-order chi connectivity index (χ0) is 15.5. The number of carbonyl (C=O) groups is 1. The maximum atomic E-state index is 11.3. The molecule has 116 valence electrons. The fourth-order valence-corrected chi connectivity index (χ4v) is 2.76.